The molecule has 0 saturated heterocycles. The highest BCUT2D eigenvalue weighted by Gasteiger charge is 2.35. The van der Waals surface area contributed by atoms with Crippen molar-refractivity contribution in [1.82, 2.24) is 26.2 Å². The van der Waals surface area contributed by atoms with Crippen LogP contribution in [0.4, 0.5) is 0 Å². The molecule has 0 spiro atoms. The molecule has 6 amide bonds. The molecule has 0 unspecified atom stereocenters. The minimum atomic E-state index is -1.66. The van der Waals surface area contributed by atoms with Gasteiger partial charge in [0.15, 0.2) is 6.04 Å². The van der Waals surface area contributed by atoms with Gasteiger partial charge in [-0.25, -0.2) is 4.79 Å². The third-order valence-electron chi connectivity index (χ3n) is 10.7. The summed E-state index contributed by atoms with van der Waals surface area (Å²) in [4.78, 5) is 89.5. The topological polar surface area (TPSA) is 237 Å². The van der Waals surface area contributed by atoms with Gasteiger partial charge in [-0.1, -0.05) is 139 Å². The van der Waals surface area contributed by atoms with Gasteiger partial charge in [-0.05, 0) is 49.7 Å². The largest absolute Gasteiger partial charge is 0.480 e. The van der Waals surface area contributed by atoms with E-state index in [0.29, 0.717) is 37.8 Å². The highest BCUT2D eigenvalue weighted by Crippen LogP contribution is 2.15. The summed E-state index contributed by atoms with van der Waals surface area (Å²) in [7, 11) is 1.28. The molecule has 2 aromatic carbocycles. The number of carbonyl (C=O) groups is 7. The fraction of sp³-hybridized carbons (Fsp3) is 0.596. The number of hydrogen-bond donors (Lipinski definition) is 7. The second kappa shape index (κ2) is 29.9. The number of nitrogens with two attached hydrogens (primary N) is 1. The van der Waals surface area contributed by atoms with Gasteiger partial charge in [0.25, 0.3) is 5.91 Å². The normalized spacial score (nSPS) is 13.5. The zero-order valence-corrected chi connectivity index (χ0v) is 37.2. The Labute approximate surface area is 367 Å². The van der Waals surface area contributed by atoms with Crippen molar-refractivity contribution in [3.63, 3.8) is 0 Å². The number of aliphatic carboxylic acids is 1. The fourth-order valence-electron chi connectivity index (χ4n) is 7.12. The first-order chi connectivity index (χ1) is 29.6. The predicted octanol–water partition coefficient (Wildman–Crippen LogP) is 4.33. The summed E-state index contributed by atoms with van der Waals surface area (Å²) < 4.78 is 0. The standard InChI is InChI=1S/C47H72N6O9/c1-33(2)31-37(44(58)49-30-29-35-23-17-15-18-24-35)50-45(59)41(34(3)54)51-39(55)27-21-13-11-9-7-5-6-8-10-12-14-22-28-40(56)52-42(43(48)57)46(60)53(4)38(47(61)62)32-36-25-19-16-20-26-36/h15-20,23-26,33-34,37-38,41-42,54H,5-14,21-22,27-32H2,1-4H3,(H2,48,57)(H,49,58)(H,50,59)(H,51,55)(H,52,56)(H,61,62)/t34-,37-,38+,41-,42-/m0/s1. The number of hydrogen-bond acceptors (Lipinski definition) is 8. The molecular formula is C47H72N6O9. The number of aliphatic hydroxyl groups excluding tert-OH is 1. The van der Waals surface area contributed by atoms with Crippen molar-refractivity contribution >= 4 is 41.4 Å². The summed E-state index contributed by atoms with van der Waals surface area (Å²) in [5.41, 5.74) is 7.22. The first-order valence-electron chi connectivity index (χ1n) is 22.3. The average molecular weight is 865 g/mol. The quantitative estimate of drug-likeness (QED) is 0.0409. The third kappa shape index (κ3) is 21.5. The van der Waals surface area contributed by atoms with Crippen molar-refractivity contribution in [2.45, 2.75) is 160 Å². The molecule has 0 heterocycles. The van der Waals surface area contributed by atoms with E-state index in [9.17, 15) is 43.8 Å². The van der Waals surface area contributed by atoms with E-state index in [-0.39, 0.29) is 37.0 Å². The van der Waals surface area contributed by atoms with Crippen LogP contribution < -0.4 is 27.0 Å². The number of likely N-dealkylation sites (N-methyl/N-ethyl adjacent to an activating group) is 1. The first kappa shape index (κ1) is 52.8. The van der Waals surface area contributed by atoms with Crippen LogP contribution in [0.3, 0.4) is 0 Å². The molecule has 0 aliphatic rings. The molecule has 62 heavy (non-hydrogen) atoms. The van der Waals surface area contributed by atoms with Gasteiger partial charge in [-0.15, -0.1) is 0 Å². The number of benzene rings is 2. The Morgan fingerprint density at radius 1 is 0.645 bits per heavy atom. The van der Waals surface area contributed by atoms with Crippen LogP contribution in [0.15, 0.2) is 60.7 Å². The lowest BCUT2D eigenvalue weighted by Gasteiger charge is -2.28. The van der Waals surface area contributed by atoms with E-state index < -0.39 is 59.9 Å². The highest BCUT2D eigenvalue weighted by molar-refractivity contribution is 6.07. The number of carboxylic acids is 1. The molecule has 0 saturated carbocycles. The minimum absolute atomic E-state index is 0.0270. The van der Waals surface area contributed by atoms with Crippen molar-refractivity contribution in [3.05, 3.63) is 71.8 Å². The molecular weight excluding hydrogens is 793 g/mol. The molecule has 2 rings (SSSR count). The third-order valence-corrected chi connectivity index (χ3v) is 10.7. The van der Waals surface area contributed by atoms with Crippen LogP contribution in [0, 0.1) is 5.92 Å². The minimum Gasteiger partial charge on any atom is -0.480 e. The van der Waals surface area contributed by atoms with Crippen LogP contribution >= 0.6 is 0 Å². The molecule has 0 aromatic heterocycles. The number of primary amides is 1. The molecule has 5 atom stereocenters. The molecule has 0 fully saturated rings. The number of nitrogens with one attached hydrogen (secondary N) is 4. The predicted molar refractivity (Wildman–Crippen MR) is 238 cm³/mol. The lowest BCUT2D eigenvalue weighted by molar-refractivity contribution is -0.151. The van der Waals surface area contributed by atoms with Gasteiger partial charge < -0.3 is 42.1 Å². The van der Waals surface area contributed by atoms with Crippen molar-refractivity contribution in [3.8, 4) is 0 Å². The Morgan fingerprint density at radius 2 is 1.11 bits per heavy atom. The Bertz CT molecular complexity index is 1670. The lowest BCUT2D eigenvalue weighted by atomic mass is 10.0. The van der Waals surface area contributed by atoms with Crippen LogP contribution in [-0.2, 0) is 46.4 Å². The van der Waals surface area contributed by atoms with E-state index in [1.165, 1.54) is 14.0 Å². The van der Waals surface area contributed by atoms with Crippen molar-refractivity contribution in [1.29, 1.82) is 0 Å². The molecule has 0 radical (unpaired) electrons. The first-order valence-corrected chi connectivity index (χ1v) is 22.3. The van der Waals surface area contributed by atoms with Crippen molar-refractivity contribution in [2.75, 3.05) is 13.6 Å². The van der Waals surface area contributed by atoms with Gasteiger partial charge in [0.2, 0.25) is 29.5 Å². The molecule has 15 heteroatoms. The second-order valence-electron chi connectivity index (χ2n) is 16.6. The smallest absolute Gasteiger partial charge is 0.326 e. The lowest BCUT2D eigenvalue weighted by Crippen LogP contribution is -2.57. The SMILES string of the molecule is CC(C)C[C@H](NC(=O)[C@@H](NC(=O)CCCCCCCCCCCCCCC(=O)N[C@@H](C(N)=O)C(=O)N(C)[C@H](Cc1ccccc1)C(=O)O)[C@H](C)O)C(=O)NCCc1ccccc1. The van der Waals surface area contributed by atoms with E-state index in [1.807, 2.05) is 44.2 Å². The number of amides is 6. The maximum atomic E-state index is 13.2. The molecule has 2 aromatic rings. The van der Waals surface area contributed by atoms with Crippen LogP contribution in [0.5, 0.6) is 0 Å². The van der Waals surface area contributed by atoms with E-state index in [1.54, 1.807) is 30.3 Å². The zero-order valence-electron chi connectivity index (χ0n) is 37.2. The molecule has 0 aliphatic heterocycles. The number of carboxylic acid groups (broad SMARTS) is 1. The summed E-state index contributed by atoms with van der Waals surface area (Å²) in [5.74, 6) is -4.77. The van der Waals surface area contributed by atoms with Gasteiger partial charge in [-0.3, -0.25) is 28.8 Å². The summed E-state index contributed by atoms with van der Waals surface area (Å²) in [5, 5.41) is 30.8. The Kier molecular flexibility index (Phi) is 25.4. The van der Waals surface area contributed by atoms with Crippen molar-refractivity contribution < 1.29 is 43.8 Å². The second-order valence-corrected chi connectivity index (χ2v) is 16.6. The van der Waals surface area contributed by atoms with Crippen LogP contribution in [0.2, 0.25) is 0 Å². The monoisotopic (exact) mass is 865 g/mol. The van der Waals surface area contributed by atoms with Crippen LogP contribution in [-0.4, -0.2) is 100 Å². The summed E-state index contributed by atoms with van der Waals surface area (Å²) in [6, 6.07) is 13.7. The molecule has 0 aliphatic carbocycles. The molecule has 15 nitrogen and oxygen atoms in total. The van der Waals surface area contributed by atoms with Gasteiger partial charge in [-0.2, -0.15) is 0 Å². The number of aliphatic hydroxyl groups is 1. The molecule has 0 bridgehead atoms. The Hall–Kier alpha value is -5.31. The molecule has 344 valence electrons. The average Bonchev–Trinajstić information content (AvgIpc) is 3.23. The van der Waals surface area contributed by atoms with E-state index in [2.05, 4.69) is 21.3 Å². The van der Waals surface area contributed by atoms with E-state index in [4.69, 9.17) is 5.73 Å². The number of carbonyl (C=O) groups excluding carboxylic acids is 6. The summed E-state index contributed by atoms with van der Waals surface area (Å²) in [6.45, 7) is 5.77. The van der Waals surface area contributed by atoms with Gasteiger partial charge in [0, 0.05) is 32.9 Å². The fourth-order valence-corrected chi connectivity index (χ4v) is 7.12. The van der Waals surface area contributed by atoms with Gasteiger partial charge in [0.1, 0.15) is 18.1 Å². The van der Waals surface area contributed by atoms with Gasteiger partial charge in [0.05, 0.1) is 6.10 Å². The Balaban J connectivity index is 1.57. The summed E-state index contributed by atoms with van der Waals surface area (Å²) >= 11 is 0. The maximum Gasteiger partial charge on any atom is 0.326 e. The van der Waals surface area contributed by atoms with E-state index >= 15 is 0 Å². The van der Waals surface area contributed by atoms with E-state index in [0.717, 1.165) is 74.7 Å². The number of rotatable bonds is 32. The maximum absolute atomic E-state index is 13.2. The molecule has 8 N–H and O–H groups in total. The highest BCUT2D eigenvalue weighted by atomic mass is 16.4. The number of unbranched alkanes of at least 4 members (excludes halogenated alkanes) is 11. The Morgan fingerprint density at radius 3 is 1.56 bits per heavy atom. The van der Waals surface area contributed by atoms with Crippen LogP contribution in [0.25, 0.3) is 0 Å². The van der Waals surface area contributed by atoms with Crippen molar-refractivity contribution in [2.24, 2.45) is 11.7 Å². The summed E-state index contributed by atoms with van der Waals surface area (Å²) in [6.07, 6.45) is 11.6. The number of nitrogens with zero attached hydrogens (tertiary/aromatic N) is 1. The van der Waals surface area contributed by atoms with Gasteiger partial charge >= 0.3 is 5.97 Å². The van der Waals surface area contributed by atoms with Crippen LogP contribution in [0.1, 0.15) is 128 Å². The zero-order chi connectivity index (χ0) is 45.9.